The van der Waals surface area contributed by atoms with Crippen LogP contribution in [-0.2, 0) is 16.1 Å². The van der Waals surface area contributed by atoms with Gasteiger partial charge >= 0.3 is 5.97 Å². The average molecular weight is 264 g/mol. The summed E-state index contributed by atoms with van der Waals surface area (Å²) in [5.74, 6) is -1.92. The van der Waals surface area contributed by atoms with E-state index in [1.807, 2.05) is 0 Å². The second-order valence-electron chi connectivity index (χ2n) is 4.27. The van der Waals surface area contributed by atoms with E-state index in [-0.39, 0.29) is 12.4 Å². The molecule has 0 aliphatic carbocycles. The first-order chi connectivity index (χ1) is 8.97. The number of carboxylic acids is 1. The van der Waals surface area contributed by atoms with Crippen molar-refractivity contribution in [2.75, 3.05) is 0 Å². The molecule has 6 heteroatoms. The van der Waals surface area contributed by atoms with Crippen LogP contribution in [0.5, 0.6) is 0 Å². The van der Waals surface area contributed by atoms with Gasteiger partial charge in [0.2, 0.25) is 5.91 Å². The topological polar surface area (TPSA) is 71.3 Å². The van der Waals surface area contributed by atoms with Gasteiger partial charge < -0.3 is 15.0 Å². The Hall–Kier alpha value is -2.37. The summed E-state index contributed by atoms with van der Waals surface area (Å²) >= 11 is 0. The Morgan fingerprint density at radius 1 is 1.42 bits per heavy atom. The fraction of sp³-hybridized carbons (Fsp3) is 0.231. The number of carboxylic acid groups (broad SMARTS) is 1. The fourth-order valence-electron chi connectivity index (χ4n) is 1.80. The number of aliphatic carboxylic acids is 1. The second-order valence-corrected chi connectivity index (χ2v) is 4.27. The number of nitrogens with zero attached hydrogens (tertiary/aromatic N) is 1. The number of nitrogens with one attached hydrogen (secondary N) is 1. The lowest BCUT2D eigenvalue weighted by molar-refractivity contribution is -0.141. The number of hydrogen-bond acceptors (Lipinski definition) is 2. The van der Waals surface area contributed by atoms with Gasteiger partial charge in [-0.25, -0.2) is 4.39 Å². The molecule has 0 spiro atoms. The molecule has 2 rings (SSSR count). The maximum absolute atomic E-state index is 13.2. The van der Waals surface area contributed by atoms with Gasteiger partial charge in [-0.05, 0) is 36.6 Å². The zero-order valence-corrected chi connectivity index (χ0v) is 10.3. The monoisotopic (exact) mass is 264 g/mol. The molecule has 1 heterocycles. The zero-order valence-electron chi connectivity index (χ0n) is 10.3. The molecule has 0 radical (unpaired) electrons. The minimum Gasteiger partial charge on any atom is -0.480 e. The van der Waals surface area contributed by atoms with Gasteiger partial charge in [-0.3, -0.25) is 9.59 Å². The number of benzene rings is 1. The van der Waals surface area contributed by atoms with Crippen molar-refractivity contribution in [1.82, 2.24) is 9.88 Å². The highest BCUT2D eigenvalue weighted by Gasteiger charge is 2.14. The minimum atomic E-state index is -1.10. The van der Waals surface area contributed by atoms with Gasteiger partial charge in [0, 0.05) is 6.20 Å². The first-order valence-corrected chi connectivity index (χ1v) is 5.74. The first kappa shape index (κ1) is 13.1. The smallest absolute Gasteiger partial charge is 0.325 e. The van der Waals surface area contributed by atoms with Gasteiger partial charge in [-0.2, -0.15) is 0 Å². The molecule has 1 atom stereocenters. The molecule has 0 unspecified atom stereocenters. The standard InChI is InChI=1S/C13H13FN2O3/c1-8(13(18)19)15-12(17)7-16-5-4-9-2-3-10(14)6-11(9)16/h2-6,8H,7H2,1H3,(H,15,17)(H,18,19)/t8-/m1/s1. The van der Waals surface area contributed by atoms with Gasteiger partial charge in [0.1, 0.15) is 18.4 Å². The summed E-state index contributed by atoms with van der Waals surface area (Å²) in [5, 5.41) is 11.9. The Kier molecular flexibility index (Phi) is 3.50. The molecular weight excluding hydrogens is 251 g/mol. The van der Waals surface area contributed by atoms with Crippen LogP contribution < -0.4 is 5.32 Å². The normalized spacial score (nSPS) is 12.3. The highest BCUT2D eigenvalue weighted by molar-refractivity contribution is 5.85. The summed E-state index contributed by atoms with van der Waals surface area (Å²) in [4.78, 5) is 22.3. The lowest BCUT2D eigenvalue weighted by atomic mass is 10.2. The van der Waals surface area contributed by atoms with E-state index in [2.05, 4.69) is 5.32 Å². The SMILES string of the molecule is C[C@@H](NC(=O)Cn1ccc2ccc(F)cc21)C(=O)O. The molecule has 1 amide bonds. The van der Waals surface area contributed by atoms with E-state index in [4.69, 9.17) is 5.11 Å². The number of aromatic nitrogens is 1. The second kappa shape index (κ2) is 5.09. The van der Waals surface area contributed by atoms with E-state index in [1.165, 1.54) is 19.1 Å². The summed E-state index contributed by atoms with van der Waals surface area (Å²) in [6, 6.07) is 5.12. The van der Waals surface area contributed by atoms with E-state index < -0.39 is 17.9 Å². The van der Waals surface area contributed by atoms with Crippen molar-refractivity contribution in [1.29, 1.82) is 0 Å². The van der Waals surface area contributed by atoms with Gasteiger partial charge in [-0.15, -0.1) is 0 Å². The zero-order chi connectivity index (χ0) is 14.0. The molecule has 2 aromatic rings. The molecule has 1 aromatic carbocycles. The number of rotatable bonds is 4. The van der Waals surface area contributed by atoms with Crippen LogP contribution in [0.2, 0.25) is 0 Å². The van der Waals surface area contributed by atoms with Crippen LogP contribution in [0.25, 0.3) is 10.9 Å². The number of fused-ring (bicyclic) bond motifs is 1. The predicted octanol–water partition coefficient (Wildman–Crippen LogP) is 1.37. The van der Waals surface area contributed by atoms with Gasteiger partial charge in [0.25, 0.3) is 0 Å². The van der Waals surface area contributed by atoms with E-state index in [9.17, 15) is 14.0 Å². The van der Waals surface area contributed by atoms with Gasteiger partial charge in [0.15, 0.2) is 0 Å². The van der Waals surface area contributed by atoms with Crippen molar-refractivity contribution in [2.24, 2.45) is 0 Å². The summed E-state index contributed by atoms with van der Waals surface area (Å²) in [5.41, 5.74) is 0.595. The summed E-state index contributed by atoms with van der Waals surface area (Å²) in [6.07, 6.45) is 1.66. The van der Waals surface area contributed by atoms with Crippen LogP contribution in [-0.4, -0.2) is 27.6 Å². The third kappa shape index (κ3) is 2.90. The molecule has 5 nitrogen and oxygen atoms in total. The molecule has 0 aliphatic heterocycles. The minimum absolute atomic E-state index is 0.0510. The molecule has 0 saturated heterocycles. The van der Waals surface area contributed by atoms with Crippen LogP contribution in [0.3, 0.4) is 0 Å². The first-order valence-electron chi connectivity index (χ1n) is 5.74. The van der Waals surface area contributed by atoms with E-state index in [0.717, 1.165) is 5.39 Å². The van der Waals surface area contributed by atoms with Crippen molar-refractivity contribution in [3.8, 4) is 0 Å². The lowest BCUT2D eigenvalue weighted by Gasteiger charge is -2.10. The Bertz CT molecular complexity index is 636. The molecular formula is C13H13FN2O3. The quantitative estimate of drug-likeness (QED) is 0.876. The number of carbonyl (C=O) groups is 2. The van der Waals surface area contributed by atoms with Crippen LogP contribution in [0, 0.1) is 5.82 Å². The number of amides is 1. The Morgan fingerprint density at radius 3 is 2.84 bits per heavy atom. The van der Waals surface area contributed by atoms with E-state index in [0.29, 0.717) is 5.52 Å². The highest BCUT2D eigenvalue weighted by atomic mass is 19.1. The van der Waals surface area contributed by atoms with E-state index in [1.54, 1.807) is 22.9 Å². The maximum atomic E-state index is 13.2. The third-order valence-corrected chi connectivity index (χ3v) is 2.80. The van der Waals surface area contributed by atoms with Crippen molar-refractivity contribution >= 4 is 22.8 Å². The third-order valence-electron chi connectivity index (χ3n) is 2.80. The number of carbonyl (C=O) groups excluding carboxylic acids is 1. The van der Waals surface area contributed by atoms with Crippen LogP contribution >= 0.6 is 0 Å². The Balaban J connectivity index is 2.15. The number of halogens is 1. The Morgan fingerprint density at radius 2 is 2.16 bits per heavy atom. The summed E-state index contributed by atoms with van der Waals surface area (Å²) < 4.78 is 14.7. The highest BCUT2D eigenvalue weighted by Crippen LogP contribution is 2.16. The van der Waals surface area contributed by atoms with Crippen molar-refractivity contribution < 1.29 is 19.1 Å². The molecule has 0 bridgehead atoms. The molecule has 19 heavy (non-hydrogen) atoms. The van der Waals surface area contributed by atoms with Gasteiger partial charge in [-0.1, -0.05) is 0 Å². The lowest BCUT2D eigenvalue weighted by Crippen LogP contribution is -2.39. The van der Waals surface area contributed by atoms with Crippen LogP contribution in [0.1, 0.15) is 6.92 Å². The molecule has 0 fully saturated rings. The molecule has 2 N–H and O–H groups in total. The molecule has 1 aromatic heterocycles. The predicted molar refractivity (Wildman–Crippen MR) is 67.1 cm³/mol. The maximum Gasteiger partial charge on any atom is 0.325 e. The number of hydrogen-bond donors (Lipinski definition) is 2. The summed E-state index contributed by atoms with van der Waals surface area (Å²) in [7, 11) is 0. The van der Waals surface area contributed by atoms with Crippen molar-refractivity contribution in [3.63, 3.8) is 0 Å². The molecule has 0 aliphatic rings. The van der Waals surface area contributed by atoms with Crippen LogP contribution in [0.15, 0.2) is 30.5 Å². The van der Waals surface area contributed by atoms with Crippen LogP contribution in [0.4, 0.5) is 4.39 Å². The van der Waals surface area contributed by atoms with Gasteiger partial charge in [0.05, 0.1) is 5.52 Å². The molecule has 0 saturated carbocycles. The average Bonchev–Trinajstić information content (AvgIpc) is 2.71. The Labute approximate surface area is 108 Å². The molecule has 100 valence electrons. The fourth-order valence-corrected chi connectivity index (χ4v) is 1.80. The van der Waals surface area contributed by atoms with E-state index >= 15 is 0 Å². The van der Waals surface area contributed by atoms with Crippen molar-refractivity contribution in [3.05, 3.63) is 36.3 Å². The van der Waals surface area contributed by atoms with Crippen molar-refractivity contribution in [2.45, 2.75) is 19.5 Å². The summed E-state index contributed by atoms with van der Waals surface area (Å²) in [6.45, 7) is 1.33. The largest absolute Gasteiger partial charge is 0.480 e.